The van der Waals surface area contributed by atoms with Crippen LogP contribution in [0.15, 0.2) is 23.1 Å². The van der Waals surface area contributed by atoms with E-state index in [1.807, 2.05) is 0 Å². The van der Waals surface area contributed by atoms with E-state index in [9.17, 15) is 17.6 Å². The van der Waals surface area contributed by atoms with Crippen molar-refractivity contribution >= 4 is 16.0 Å². The van der Waals surface area contributed by atoms with Gasteiger partial charge in [-0.1, -0.05) is 0 Å². The summed E-state index contributed by atoms with van der Waals surface area (Å²) in [6, 6.07) is 2.49. The number of nitrogens with one attached hydrogen (secondary N) is 1. The van der Waals surface area contributed by atoms with Crippen LogP contribution in [0.1, 0.15) is 23.2 Å². The van der Waals surface area contributed by atoms with Gasteiger partial charge in [-0.15, -0.1) is 0 Å². The lowest BCUT2D eigenvalue weighted by atomic mass is 10.2. The van der Waals surface area contributed by atoms with Crippen LogP contribution in [0.5, 0.6) is 0 Å². The van der Waals surface area contributed by atoms with E-state index in [2.05, 4.69) is 9.46 Å². The van der Waals surface area contributed by atoms with E-state index in [1.165, 1.54) is 0 Å². The first-order valence-corrected chi connectivity index (χ1v) is 7.97. The van der Waals surface area contributed by atoms with E-state index in [-0.39, 0.29) is 29.0 Å². The quantitative estimate of drug-likeness (QED) is 0.750. The number of halogens is 1. The van der Waals surface area contributed by atoms with Crippen molar-refractivity contribution in [3.63, 3.8) is 0 Å². The Bertz CT molecular complexity index is 644. The van der Waals surface area contributed by atoms with Crippen LogP contribution in [0.25, 0.3) is 0 Å². The summed E-state index contributed by atoms with van der Waals surface area (Å²) in [7, 11) is -2.88. The van der Waals surface area contributed by atoms with Crippen molar-refractivity contribution in [3.8, 4) is 0 Å². The molecule has 6 nitrogen and oxygen atoms in total. The summed E-state index contributed by atoms with van der Waals surface area (Å²) in [5.74, 6) is -1.41. The van der Waals surface area contributed by atoms with Gasteiger partial charge < -0.3 is 10.5 Å². The highest BCUT2D eigenvalue weighted by Gasteiger charge is 2.34. The van der Waals surface area contributed by atoms with Crippen LogP contribution < -0.4 is 10.5 Å². The fourth-order valence-corrected chi connectivity index (χ4v) is 3.60. The molecule has 8 heteroatoms. The summed E-state index contributed by atoms with van der Waals surface area (Å²) < 4.78 is 45.0. The number of rotatable bonds is 6. The molecule has 116 valence electrons. The summed E-state index contributed by atoms with van der Waals surface area (Å²) in [5.41, 5.74) is 5.23. The molecule has 1 unspecified atom stereocenters. The molecule has 1 saturated carbocycles. The molecule has 0 radical (unpaired) electrons. The number of ether oxygens (including phenoxy) is 1. The lowest BCUT2D eigenvalue weighted by Crippen LogP contribution is -2.42. The molecule has 1 fully saturated rings. The second kappa shape index (κ2) is 6.08. The van der Waals surface area contributed by atoms with Gasteiger partial charge in [0.25, 0.3) is 0 Å². The summed E-state index contributed by atoms with van der Waals surface area (Å²) in [4.78, 5) is 11.3. The number of methoxy groups -OCH3 is 1. The van der Waals surface area contributed by atoms with Crippen molar-refractivity contribution in [2.24, 2.45) is 11.7 Å². The fraction of sp³-hybridized carbons (Fsp3) is 0.462. The van der Waals surface area contributed by atoms with Crippen molar-refractivity contribution in [2.75, 3.05) is 13.7 Å². The Kier molecular flexibility index (Phi) is 4.60. The average Bonchev–Trinajstić information content (AvgIpc) is 3.28. The molecule has 0 saturated heterocycles. The van der Waals surface area contributed by atoms with Gasteiger partial charge in [0.15, 0.2) is 0 Å². The number of benzene rings is 1. The number of hydrogen-bond acceptors (Lipinski definition) is 5. The van der Waals surface area contributed by atoms with Gasteiger partial charge in [-0.25, -0.2) is 22.3 Å². The molecule has 0 aliphatic heterocycles. The largest absolute Gasteiger partial charge is 0.465 e. The Labute approximate surface area is 122 Å². The minimum Gasteiger partial charge on any atom is -0.465 e. The highest BCUT2D eigenvalue weighted by atomic mass is 32.2. The number of carbonyl (C=O) groups excluding carboxylic acids is 1. The summed E-state index contributed by atoms with van der Waals surface area (Å²) in [5, 5.41) is 0. The SMILES string of the molecule is COC(=O)c1cc(F)ccc1S(=O)(=O)NC(CN)C1CC1. The van der Waals surface area contributed by atoms with Gasteiger partial charge in [-0.05, 0) is 37.0 Å². The Morgan fingerprint density at radius 3 is 2.71 bits per heavy atom. The lowest BCUT2D eigenvalue weighted by molar-refractivity contribution is 0.0595. The van der Waals surface area contributed by atoms with Crippen LogP contribution in [0, 0.1) is 11.7 Å². The Morgan fingerprint density at radius 1 is 1.52 bits per heavy atom. The van der Waals surface area contributed by atoms with E-state index in [1.54, 1.807) is 0 Å². The molecule has 3 N–H and O–H groups in total. The van der Waals surface area contributed by atoms with Crippen LogP contribution >= 0.6 is 0 Å². The topological polar surface area (TPSA) is 98.5 Å². The summed E-state index contributed by atoms with van der Waals surface area (Å²) in [6.45, 7) is 0.165. The molecule has 1 aliphatic rings. The average molecular weight is 316 g/mol. The molecule has 0 spiro atoms. The third kappa shape index (κ3) is 3.58. The van der Waals surface area contributed by atoms with Gasteiger partial charge in [0.1, 0.15) is 5.82 Å². The number of nitrogens with two attached hydrogens (primary N) is 1. The normalized spacial score (nSPS) is 16.5. The second-order valence-corrected chi connectivity index (χ2v) is 6.62. The van der Waals surface area contributed by atoms with Gasteiger partial charge in [0.2, 0.25) is 10.0 Å². The van der Waals surface area contributed by atoms with Crippen LogP contribution in [0.2, 0.25) is 0 Å². The van der Waals surface area contributed by atoms with Crippen molar-refractivity contribution in [1.29, 1.82) is 0 Å². The van der Waals surface area contributed by atoms with E-state index < -0.39 is 21.8 Å². The maximum absolute atomic E-state index is 13.3. The number of esters is 1. The summed E-state index contributed by atoms with van der Waals surface area (Å²) in [6.07, 6.45) is 1.83. The Hall–Kier alpha value is -1.51. The molecule has 0 aromatic heterocycles. The maximum Gasteiger partial charge on any atom is 0.339 e. The number of carbonyl (C=O) groups is 1. The molecule has 0 amide bonds. The van der Waals surface area contributed by atoms with Gasteiger partial charge in [0, 0.05) is 12.6 Å². The maximum atomic E-state index is 13.3. The van der Waals surface area contributed by atoms with E-state index in [0.717, 1.165) is 38.2 Å². The molecule has 2 rings (SSSR count). The molecule has 0 bridgehead atoms. The number of hydrogen-bond donors (Lipinski definition) is 2. The second-order valence-electron chi connectivity index (χ2n) is 4.93. The fourth-order valence-electron chi connectivity index (χ4n) is 2.10. The van der Waals surface area contributed by atoms with Gasteiger partial charge in [-0.2, -0.15) is 0 Å². The highest BCUT2D eigenvalue weighted by Crippen LogP contribution is 2.33. The van der Waals surface area contributed by atoms with Crippen molar-refractivity contribution in [2.45, 2.75) is 23.8 Å². The van der Waals surface area contributed by atoms with Crippen molar-refractivity contribution in [3.05, 3.63) is 29.6 Å². The Morgan fingerprint density at radius 2 is 2.19 bits per heavy atom. The molecule has 1 aromatic rings. The molecular formula is C13H17FN2O4S. The number of sulfonamides is 1. The lowest BCUT2D eigenvalue weighted by Gasteiger charge is -2.17. The first kappa shape index (κ1) is 15.9. The monoisotopic (exact) mass is 316 g/mol. The zero-order chi connectivity index (χ0) is 15.6. The van der Waals surface area contributed by atoms with E-state index >= 15 is 0 Å². The zero-order valence-electron chi connectivity index (χ0n) is 11.5. The zero-order valence-corrected chi connectivity index (χ0v) is 12.3. The van der Waals surface area contributed by atoms with Gasteiger partial charge >= 0.3 is 5.97 Å². The smallest absolute Gasteiger partial charge is 0.339 e. The van der Waals surface area contributed by atoms with E-state index in [4.69, 9.17) is 5.73 Å². The van der Waals surface area contributed by atoms with Crippen LogP contribution in [0.3, 0.4) is 0 Å². The minimum atomic E-state index is -3.98. The third-order valence-electron chi connectivity index (χ3n) is 3.39. The predicted octanol–water partition coefficient (Wildman–Crippen LogP) is 0.628. The van der Waals surface area contributed by atoms with Gasteiger partial charge in [0.05, 0.1) is 17.6 Å². The molecule has 21 heavy (non-hydrogen) atoms. The van der Waals surface area contributed by atoms with Crippen molar-refractivity contribution < 1.29 is 22.3 Å². The van der Waals surface area contributed by atoms with Crippen molar-refractivity contribution in [1.82, 2.24) is 4.72 Å². The highest BCUT2D eigenvalue weighted by molar-refractivity contribution is 7.89. The van der Waals surface area contributed by atoms with Crippen LogP contribution in [-0.4, -0.2) is 34.1 Å². The predicted molar refractivity (Wildman–Crippen MR) is 73.6 cm³/mol. The summed E-state index contributed by atoms with van der Waals surface area (Å²) >= 11 is 0. The molecule has 1 aliphatic carbocycles. The molecule has 1 aromatic carbocycles. The third-order valence-corrected chi connectivity index (χ3v) is 4.94. The first-order valence-electron chi connectivity index (χ1n) is 6.49. The molecular weight excluding hydrogens is 299 g/mol. The van der Waals surface area contributed by atoms with Crippen LogP contribution in [-0.2, 0) is 14.8 Å². The first-order chi connectivity index (χ1) is 9.89. The Balaban J connectivity index is 2.37. The standard InChI is InChI=1S/C13H17FN2O4S/c1-20-13(17)10-6-9(14)4-5-12(10)21(18,19)16-11(7-15)8-2-3-8/h4-6,8,11,16H,2-3,7,15H2,1H3. The molecule has 0 heterocycles. The van der Waals surface area contributed by atoms with E-state index in [0.29, 0.717) is 0 Å². The molecule has 1 atom stereocenters. The van der Waals surface area contributed by atoms with Crippen LogP contribution in [0.4, 0.5) is 4.39 Å². The van der Waals surface area contributed by atoms with Gasteiger partial charge in [-0.3, -0.25) is 0 Å². The minimum absolute atomic E-state index is 0.165.